The van der Waals surface area contributed by atoms with Crippen molar-refractivity contribution in [2.45, 2.75) is 58.9 Å². The van der Waals surface area contributed by atoms with Crippen LogP contribution in [0.4, 0.5) is 0 Å². The van der Waals surface area contributed by atoms with Crippen LogP contribution < -0.4 is 14.8 Å². The maximum atomic E-state index is 12.7. The summed E-state index contributed by atoms with van der Waals surface area (Å²) in [6, 6.07) is 5.79. The Morgan fingerprint density at radius 1 is 1.18 bits per heavy atom. The first-order chi connectivity index (χ1) is 13.5. The molecule has 5 nitrogen and oxygen atoms in total. The number of hydrogen-bond acceptors (Lipinski definition) is 4. The third kappa shape index (κ3) is 5.06. The number of amides is 1. The fourth-order valence-electron chi connectivity index (χ4n) is 4.37. The number of benzene rings is 1. The van der Waals surface area contributed by atoms with E-state index < -0.39 is 0 Å². The number of nitrogens with one attached hydrogen (secondary N) is 1. The second-order valence-corrected chi connectivity index (χ2v) is 8.63. The number of carbonyl (C=O) groups excluding carboxylic acids is 2. The van der Waals surface area contributed by atoms with Gasteiger partial charge in [-0.1, -0.05) is 26.3 Å². The quantitative estimate of drug-likeness (QED) is 0.728. The summed E-state index contributed by atoms with van der Waals surface area (Å²) in [5.41, 5.74) is 0.980. The van der Waals surface area contributed by atoms with Gasteiger partial charge < -0.3 is 14.8 Å². The Balaban J connectivity index is 1.54. The van der Waals surface area contributed by atoms with Crippen LogP contribution in [0.25, 0.3) is 0 Å². The van der Waals surface area contributed by atoms with Crippen molar-refractivity contribution in [1.29, 1.82) is 0 Å². The van der Waals surface area contributed by atoms with E-state index in [0.717, 1.165) is 37.0 Å². The van der Waals surface area contributed by atoms with Gasteiger partial charge >= 0.3 is 0 Å². The molecule has 1 amide bonds. The van der Waals surface area contributed by atoms with Gasteiger partial charge in [0, 0.05) is 24.3 Å². The van der Waals surface area contributed by atoms with Crippen LogP contribution in [0.2, 0.25) is 0 Å². The molecule has 2 aliphatic rings. The Morgan fingerprint density at radius 2 is 1.89 bits per heavy atom. The van der Waals surface area contributed by atoms with Gasteiger partial charge in [-0.3, -0.25) is 9.59 Å². The molecule has 3 rings (SSSR count). The number of rotatable bonds is 8. The van der Waals surface area contributed by atoms with Crippen LogP contribution in [0.3, 0.4) is 0 Å². The van der Waals surface area contributed by atoms with E-state index in [0.29, 0.717) is 43.4 Å². The minimum atomic E-state index is -0.0338. The molecule has 1 aromatic rings. The van der Waals surface area contributed by atoms with E-state index >= 15 is 0 Å². The average Bonchev–Trinajstić information content (AvgIpc) is 2.66. The molecule has 0 heterocycles. The van der Waals surface area contributed by atoms with Crippen molar-refractivity contribution in [1.82, 2.24) is 5.32 Å². The van der Waals surface area contributed by atoms with Crippen LogP contribution in [0, 0.1) is 23.7 Å². The summed E-state index contributed by atoms with van der Waals surface area (Å²) in [7, 11) is 1.63. The summed E-state index contributed by atoms with van der Waals surface area (Å²) in [5.74, 6) is 2.65. The maximum absolute atomic E-state index is 12.7. The third-order valence-electron chi connectivity index (χ3n) is 6.07. The molecule has 2 bridgehead atoms. The zero-order valence-corrected chi connectivity index (χ0v) is 17.3. The lowest BCUT2D eigenvalue weighted by Crippen LogP contribution is -2.42. The fourth-order valence-corrected chi connectivity index (χ4v) is 4.37. The van der Waals surface area contributed by atoms with Gasteiger partial charge in [0.05, 0.1) is 13.7 Å². The van der Waals surface area contributed by atoms with E-state index in [1.54, 1.807) is 7.11 Å². The molecule has 0 saturated heterocycles. The topological polar surface area (TPSA) is 64.6 Å². The average molecular weight is 388 g/mol. The molecule has 5 heteroatoms. The Morgan fingerprint density at radius 3 is 2.54 bits per heavy atom. The van der Waals surface area contributed by atoms with Crippen LogP contribution in [0.1, 0.15) is 57.9 Å². The first-order valence-electron chi connectivity index (χ1n) is 10.6. The SMILES string of the molecule is COc1cc(CNC(=O)C2C[C@H]3CCC[C@@H](C2)C3=O)ccc1OCCC(C)C. The maximum Gasteiger partial charge on any atom is 0.223 e. The zero-order chi connectivity index (χ0) is 20.1. The molecule has 28 heavy (non-hydrogen) atoms. The van der Waals surface area contributed by atoms with Gasteiger partial charge in [-0.15, -0.1) is 0 Å². The van der Waals surface area contributed by atoms with Crippen molar-refractivity contribution in [2.75, 3.05) is 13.7 Å². The van der Waals surface area contributed by atoms with Crippen LogP contribution >= 0.6 is 0 Å². The summed E-state index contributed by atoms with van der Waals surface area (Å²) in [4.78, 5) is 24.9. The minimum Gasteiger partial charge on any atom is -0.493 e. The lowest BCUT2D eigenvalue weighted by atomic mass is 9.67. The molecular weight excluding hydrogens is 354 g/mol. The van der Waals surface area contributed by atoms with Crippen LogP contribution in [0.5, 0.6) is 11.5 Å². The molecule has 0 radical (unpaired) electrons. The summed E-state index contributed by atoms with van der Waals surface area (Å²) < 4.78 is 11.3. The van der Waals surface area contributed by atoms with E-state index in [4.69, 9.17) is 9.47 Å². The first-order valence-corrected chi connectivity index (χ1v) is 10.6. The van der Waals surface area contributed by atoms with Gasteiger partial charge in [-0.05, 0) is 55.7 Å². The van der Waals surface area contributed by atoms with Gasteiger partial charge in [-0.25, -0.2) is 0 Å². The molecule has 0 aromatic heterocycles. The van der Waals surface area contributed by atoms with Crippen molar-refractivity contribution in [3.8, 4) is 11.5 Å². The van der Waals surface area contributed by atoms with Crippen molar-refractivity contribution in [3.63, 3.8) is 0 Å². The Kier molecular flexibility index (Phi) is 6.97. The van der Waals surface area contributed by atoms with Crippen molar-refractivity contribution in [2.24, 2.45) is 23.7 Å². The second-order valence-electron chi connectivity index (χ2n) is 8.63. The van der Waals surface area contributed by atoms with Crippen LogP contribution in [-0.4, -0.2) is 25.4 Å². The Hall–Kier alpha value is -2.04. The molecule has 2 saturated carbocycles. The number of fused-ring (bicyclic) bond motifs is 2. The summed E-state index contributed by atoms with van der Waals surface area (Å²) in [5, 5.41) is 3.06. The number of hydrogen-bond donors (Lipinski definition) is 1. The highest BCUT2D eigenvalue weighted by Gasteiger charge is 2.41. The summed E-state index contributed by atoms with van der Waals surface area (Å²) in [6.07, 6.45) is 5.46. The molecule has 1 aromatic carbocycles. The van der Waals surface area contributed by atoms with Gasteiger partial charge in [0.1, 0.15) is 5.78 Å². The van der Waals surface area contributed by atoms with E-state index in [1.807, 2.05) is 18.2 Å². The molecule has 154 valence electrons. The lowest BCUT2D eigenvalue weighted by molar-refractivity contribution is -0.137. The molecular formula is C23H33NO4. The number of ether oxygens (including phenoxy) is 2. The molecule has 0 spiro atoms. The Labute approximate surface area is 168 Å². The fraction of sp³-hybridized carbons (Fsp3) is 0.652. The number of ketones is 1. The van der Waals surface area contributed by atoms with Crippen LogP contribution in [-0.2, 0) is 16.1 Å². The Bertz CT molecular complexity index is 684. The summed E-state index contributed by atoms with van der Waals surface area (Å²) >= 11 is 0. The molecule has 2 fully saturated rings. The molecule has 0 aliphatic heterocycles. The summed E-state index contributed by atoms with van der Waals surface area (Å²) in [6.45, 7) is 5.46. The lowest BCUT2D eigenvalue weighted by Gasteiger charge is -2.36. The van der Waals surface area contributed by atoms with Gasteiger partial charge in [-0.2, -0.15) is 0 Å². The standard InChI is InChI=1S/C23H33NO4/c1-15(2)9-10-28-20-8-7-16(11-21(20)27-3)14-24-23(26)19-12-17-5-4-6-18(13-19)22(17)25/h7-8,11,15,17-19H,4-6,9-10,12-14H2,1-3H3,(H,24,26)/t17-,18+,19?. The van der Waals surface area contributed by atoms with Gasteiger partial charge in [0.2, 0.25) is 5.91 Å². The highest BCUT2D eigenvalue weighted by Crippen LogP contribution is 2.40. The predicted molar refractivity (Wildman–Crippen MR) is 108 cm³/mol. The highest BCUT2D eigenvalue weighted by atomic mass is 16.5. The predicted octanol–water partition coefficient (Wildman–Crippen LogP) is 4.13. The van der Waals surface area contributed by atoms with Gasteiger partial charge in [0.15, 0.2) is 11.5 Å². The normalized spacial score (nSPS) is 24.1. The van der Waals surface area contributed by atoms with Crippen molar-refractivity contribution < 1.29 is 19.1 Å². The van der Waals surface area contributed by atoms with Crippen LogP contribution in [0.15, 0.2) is 18.2 Å². The van der Waals surface area contributed by atoms with E-state index in [-0.39, 0.29) is 23.7 Å². The third-order valence-corrected chi connectivity index (χ3v) is 6.07. The highest BCUT2D eigenvalue weighted by molar-refractivity contribution is 5.88. The number of Topliss-reactive ketones (excluding diaryl/α,β-unsaturated/α-hetero) is 1. The monoisotopic (exact) mass is 387 g/mol. The van der Waals surface area contributed by atoms with Crippen molar-refractivity contribution >= 4 is 11.7 Å². The van der Waals surface area contributed by atoms with E-state index in [2.05, 4.69) is 19.2 Å². The van der Waals surface area contributed by atoms with E-state index in [9.17, 15) is 9.59 Å². The van der Waals surface area contributed by atoms with Gasteiger partial charge in [0.25, 0.3) is 0 Å². The minimum absolute atomic E-state index is 0.0338. The van der Waals surface area contributed by atoms with Crippen molar-refractivity contribution in [3.05, 3.63) is 23.8 Å². The molecule has 2 aliphatic carbocycles. The first kappa shape index (κ1) is 20.7. The van der Waals surface area contributed by atoms with E-state index in [1.165, 1.54) is 0 Å². The smallest absolute Gasteiger partial charge is 0.223 e. The molecule has 1 unspecified atom stereocenters. The zero-order valence-electron chi connectivity index (χ0n) is 17.3. The molecule has 3 atom stereocenters. The molecule has 1 N–H and O–H groups in total. The second kappa shape index (κ2) is 9.44. The largest absolute Gasteiger partial charge is 0.493 e. The number of carbonyl (C=O) groups is 2. The number of methoxy groups -OCH3 is 1.